The Morgan fingerprint density at radius 3 is 2.52 bits per heavy atom. The lowest BCUT2D eigenvalue weighted by molar-refractivity contribution is -0.124. The molecule has 0 saturated heterocycles. The van der Waals surface area contributed by atoms with Gasteiger partial charge in [-0.1, -0.05) is 24.3 Å². The number of rotatable bonds is 5. The number of amides is 2. The van der Waals surface area contributed by atoms with Crippen molar-refractivity contribution in [2.45, 2.75) is 13.3 Å². The highest BCUT2D eigenvalue weighted by atomic mass is 16.5. The number of anilines is 1. The van der Waals surface area contributed by atoms with Crippen LogP contribution in [0.25, 0.3) is 0 Å². The molecule has 0 aliphatic rings. The summed E-state index contributed by atoms with van der Waals surface area (Å²) < 4.78 is 5.74. The molecule has 2 aromatic rings. The smallest absolute Gasteiger partial charge is 0.233 e. The summed E-state index contributed by atoms with van der Waals surface area (Å²) in [7, 11) is 0. The molecule has 2 rings (SSSR count). The van der Waals surface area contributed by atoms with E-state index >= 15 is 0 Å². The van der Waals surface area contributed by atoms with Crippen LogP contribution >= 0.6 is 0 Å². The highest BCUT2D eigenvalue weighted by Gasteiger charge is 2.11. The first-order chi connectivity index (χ1) is 10.0. The minimum atomic E-state index is -0.675. The zero-order chi connectivity index (χ0) is 15.2. The van der Waals surface area contributed by atoms with Gasteiger partial charge in [-0.2, -0.15) is 0 Å². The molecule has 108 valence electrons. The summed E-state index contributed by atoms with van der Waals surface area (Å²) in [6, 6.07) is 14.6. The second-order valence-corrected chi connectivity index (χ2v) is 4.61. The number of carbonyl (C=O) groups is 2. The normalized spacial score (nSPS) is 9.95. The van der Waals surface area contributed by atoms with Crippen molar-refractivity contribution in [3.8, 4) is 11.5 Å². The largest absolute Gasteiger partial charge is 0.455 e. The Kier molecular flexibility index (Phi) is 4.56. The number of primary amides is 1. The van der Waals surface area contributed by atoms with Crippen LogP contribution in [0.3, 0.4) is 0 Å². The molecule has 5 nitrogen and oxygen atoms in total. The van der Waals surface area contributed by atoms with E-state index in [-0.39, 0.29) is 6.42 Å². The predicted octanol–water partition coefficient (Wildman–Crippen LogP) is 2.60. The van der Waals surface area contributed by atoms with Crippen LogP contribution in [-0.4, -0.2) is 11.8 Å². The van der Waals surface area contributed by atoms with Crippen LogP contribution in [0.5, 0.6) is 11.5 Å². The Bertz CT molecular complexity index is 654. The fourth-order valence-electron chi connectivity index (χ4n) is 1.80. The van der Waals surface area contributed by atoms with Crippen LogP contribution in [0.2, 0.25) is 0 Å². The average Bonchev–Trinajstić information content (AvgIpc) is 2.42. The summed E-state index contributed by atoms with van der Waals surface area (Å²) in [5, 5.41) is 2.64. The molecule has 0 aliphatic heterocycles. The number of carbonyl (C=O) groups excluding carboxylic acids is 2. The van der Waals surface area contributed by atoms with E-state index in [4.69, 9.17) is 10.5 Å². The van der Waals surface area contributed by atoms with E-state index in [2.05, 4.69) is 5.32 Å². The second kappa shape index (κ2) is 6.56. The van der Waals surface area contributed by atoms with Crippen LogP contribution in [0, 0.1) is 6.92 Å². The topological polar surface area (TPSA) is 81.4 Å². The Labute approximate surface area is 122 Å². The molecule has 21 heavy (non-hydrogen) atoms. The third-order valence-corrected chi connectivity index (χ3v) is 2.71. The second-order valence-electron chi connectivity index (χ2n) is 4.61. The first-order valence-corrected chi connectivity index (χ1v) is 6.46. The fourth-order valence-corrected chi connectivity index (χ4v) is 1.80. The van der Waals surface area contributed by atoms with E-state index in [0.29, 0.717) is 17.2 Å². The average molecular weight is 284 g/mol. The molecule has 5 heteroatoms. The molecule has 0 aromatic heterocycles. The van der Waals surface area contributed by atoms with Crippen molar-refractivity contribution in [2.75, 3.05) is 5.32 Å². The van der Waals surface area contributed by atoms with Crippen LogP contribution in [0.4, 0.5) is 5.69 Å². The molecule has 2 amide bonds. The van der Waals surface area contributed by atoms with E-state index in [1.165, 1.54) is 0 Å². The summed E-state index contributed by atoms with van der Waals surface area (Å²) in [6.07, 6.45) is -0.362. The van der Waals surface area contributed by atoms with Crippen molar-refractivity contribution >= 4 is 17.5 Å². The van der Waals surface area contributed by atoms with Gasteiger partial charge in [0, 0.05) is 0 Å². The van der Waals surface area contributed by atoms with Gasteiger partial charge in [0.2, 0.25) is 11.8 Å². The number of benzene rings is 2. The van der Waals surface area contributed by atoms with Gasteiger partial charge in [0.1, 0.15) is 12.2 Å². The Balaban J connectivity index is 2.21. The van der Waals surface area contributed by atoms with Crippen molar-refractivity contribution in [3.63, 3.8) is 0 Å². The highest BCUT2D eigenvalue weighted by molar-refractivity contribution is 6.03. The molecule has 0 aliphatic carbocycles. The number of hydrogen-bond donors (Lipinski definition) is 2. The predicted molar refractivity (Wildman–Crippen MR) is 80.1 cm³/mol. The lowest BCUT2D eigenvalue weighted by Crippen LogP contribution is -2.21. The molecule has 0 spiro atoms. The lowest BCUT2D eigenvalue weighted by atomic mass is 10.2. The first kappa shape index (κ1) is 14.6. The number of ether oxygens (including phenoxy) is 1. The lowest BCUT2D eigenvalue weighted by Gasteiger charge is -2.12. The molecule has 0 atom stereocenters. The van der Waals surface area contributed by atoms with Gasteiger partial charge in [-0.05, 0) is 36.8 Å². The Morgan fingerprint density at radius 1 is 1.14 bits per heavy atom. The number of nitrogens with one attached hydrogen (secondary N) is 1. The van der Waals surface area contributed by atoms with Gasteiger partial charge in [-0.3, -0.25) is 9.59 Å². The van der Waals surface area contributed by atoms with Crippen LogP contribution < -0.4 is 15.8 Å². The minimum Gasteiger partial charge on any atom is -0.455 e. The molecule has 0 unspecified atom stereocenters. The third-order valence-electron chi connectivity index (χ3n) is 2.71. The quantitative estimate of drug-likeness (QED) is 0.828. The Hall–Kier alpha value is -2.82. The molecular formula is C16H16N2O3. The van der Waals surface area contributed by atoms with Gasteiger partial charge in [-0.25, -0.2) is 0 Å². The summed E-state index contributed by atoms with van der Waals surface area (Å²) in [5.74, 6) is 0.0214. The fraction of sp³-hybridized carbons (Fsp3) is 0.125. The van der Waals surface area contributed by atoms with E-state index in [9.17, 15) is 9.59 Å². The summed E-state index contributed by atoms with van der Waals surface area (Å²) >= 11 is 0. The summed E-state index contributed by atoms with van der Waals surface area (Å²) in [6.45, 7) is 1.90. The molecule has 0 radical (unpaired) electrons. The monoisotopic (exact) mass is 284 g/mol. The molecular weight excluding hydrogens is 268 g/mol. The Morgan fingerprint density at radius 2 is 1.86 bits per heavy atom. The van der Waals surface area contributed by atoms with Crippen molar-refractivity contribution in [2.24, 2.45) is 5.73 Å². The SMILES string of the molecule is Cc1ccc(Oc2ccccc2)c(NC(=O)CC(N)=O)c1. The van der Waals surface area contributed by atoms with Crippen LogP contribution in [0.1, 0.15) is 12.0 Å². The van der Waals surface area contributed by atoms with E-state index < -0.39 is 11.8 Å². The first-order valence-electron chi connectivity index (χ1n) is 6.46. The van der Waals surface area contributed by atoms with Crippen molar-refractivity contribution in [3.05, 3.63) is 54.1 Å². The van der Waals surface area contributed by atoms with Crippen LogP contribution in [0.15, 0.2) is 48.5 Å². The van der Waals surface area contributed by atoms with Crippen molar-refractivity contribution < 1.29 is 14.3 Å². The summed E-state index contributed by atoms with van der Waals surface area (Å²) in [4.78, 5) is 22.4. The zero-order valence-corrected chi connectivity index (χ0v) is 11.6. The van der Waals surface area contributed by atoms with Gasteiger partial charge < -0.3 is 15.8 Å². The molecule has 0 saturated carbocycles. The zero-order valence-electron chi connectivity index (χ0n) is 11.6. The molecule has 0 heterocycles. The maximum atomic E-state index is 11.7. The van der Waals surface area contributed by atoms with Gasteiger partial charge in [0.25, 0.3) is 0 Å². The van der Waals surface area contributed by atoms with Gasteiger partial charge in [0.15, 0.2) is 5.75 Å². The molecule has 0 bridgehead atoms. The van der Waals surface area contributed by atoms with Crippen molar-refractivity contribution in [1.29, 1.82) is 0 Å². The number of para-hydroxylation sites is 1. The summed E-state index contributed by atoms with van der Waals surface area (Å²) in [5.41, 5.74) is 6.48. The van der Waals surface area contributed by atoms with E-state index in [1.807, 2.05) is 43.3 Å². The van der Waals surface area contributed by atoms with Crippen LogP contribution in [-0.2, 0) is 9.59 Å². The van der Waals surface area contributed by atoms with Gasteiger partial charge >= 0.3 is 0 Å². The highest BCUT2D eigenvalue weighted by Crippen LogP contribution is 2.30. The molecule has 3 N–H and O–H groups in total. The van der Waals surface area contributed by atoms with Crippen molar-refractivity contribution in [1.82, 2.24) is 0 Å². The van der Waals surface area contributed by atoms with E-state index in [0.717, 1.165) is 5.56 Å². The van der Waals surface area contributed by atoms with Gasteiger partial charge in [-0.15, -0.1) is 0 Å². The number of nitrogens with two attached hydrogens (primary N) is 1. The minimum absolute atomic E-state index is 0.362. The third kappa shape index (κ3) is 4.35. The molecule has 0 fully saturated rings. The van der Waals surface area contributed by atoms with Gasteiger partial charge in [0.05, 0.1) is 5.69 Å². The maximum Gasteiger partial charge on any atom is 0.233 e. The maximum absolute atomic E-state index is 11.7. The number of hydrogen-bond acceptors (Lipinski definition) is 3. The van der Waals surface area contributed by atoms with E-state index in [1.54, 1.807) is 12.1 Å². The standard InChI is InChI=1S/C16H16N2O3/c1-11-7-8-14(21-12-5-3-2-4-6-12)13(9-11)18-16(20)10-15(17)19/h2-9H,10H2,1H3,(H2,17,19)(H,18,20). The number of aryl methyl sites for hydroxylation is 1. The molecule has 2 aromatic carbocycles.